The quantitative estimate of drug-likeness (QED) is 0.301. The third-order valence-electron chi connectivity index (χ3n) is 5.42. The lowest BCUT2D eigenvalue weighted by Gasteiger charge is -2.28. The average molecular weight is 475 g/mol. The highest BCUT2D eigenvalue weighted by Crippen LogP contribution is 2.22. The first-order chi connectivity index (χ1) is 16.6. The van der Waals surface area contributed by atoms with Gasteiger partial charge in [0, 0.05) is 0 Å². The molecule has 0 aliphatic carbocycles. The average Bonchev–Trinajstić information content (AvgIpc) is 2.84. The molecule has 0 saturated heterocycles. The molecule has 0 aliphatic rings. The molecule has 3 rings (SSSR count). The molecule has 0 amide bonds. The minimum atomic E-state index is -0.960. The maximum absolute atomic E-state index is 12.6. The first-order valence-electron chi connectivity index (χ1n) is 11.4. The number of hydrogen-bond acceptors (Lipinski definition) is 6. The Bertz CT molecular complexity index is 1060. The number of carbonyl (C=O) groups is 3. The Balaban J connectivity index is 1.70. The van der Waals surface area contributed by atoms with E-state index in [2.05, 4.69) is 0 Å². The van der Waals surface area contributed by atoms with Gasteiger partial charge in [-0.05, 0) is 64.1 Å². The van der Waals surface area contributed by atoms with E-state index in [1.165, 1.54) is 0 Å². The van der Waals surface area contributed by atoms with Crippen LogP contribution < -0.4 is 0 Å². The summed E-state index contributed by atoms with van der Waals surface area (Å²) in [6.07, 6.45) is 0. The van der Waals surface area contributed by atoms with Gasteiger partial charge in [-0.25, -0.2) is 14.4 Å². The van der Waals surface area contributed by atoms with Crippen molar-refractivity contribution in [2.24, 2.45) is 5.41 Å². The number of benzene rings is 3. The third kappa shape index (κ3) is 7.54. The maximum atomic E-state index is 12.6. The fourth-order valence-corrected chi connectivity index (χ4v) is 3.41. The van der Waals surface area contributed by atoms with E-state index in [4.69, 9.17) is 14.2 Å². The molecular formula is C29H30O6. The summed E-state index contributed by atoms with van der Waals surface area (Å²) >= 11 is 0. The summed E-state index contributed by atoms with van der Waals surface area (Å²) in [5.74, 6) is -1.51. The second-order valence-electron chi connectivity index (χ2n) is 9.15. The highest BCUT2D eigenvalue weighted by atomic mass is 16.6. The van der Waals surface area contributed by atoms with Gasteiger partial charge in [0.2, 0.25) is 0 Å². The van der Waals surface area contributed by atoms with Gasteiger partial charge in [0.05, 0.1) is 22.1 Å². The predicted octanol–water partition coefficient (Wildman–Crippen LogP) is 5.49. The molecule has 0 atom stereocenters. The monoisotopic (exact) mass is 474 g/mol. The lowest BCUT2D eigenvalue weighted by atomic mass is 9.94. The Kier molecular flexibility index (Phi) is 8.42. The smallest absolute Gasteiger partial charge is 0.338 e. The summed E-state index contributed by atoms with van der Waals surface area (Å²) in [7, 11) is 0. The van der Waals surface area contributed by atoms with Crippen LogP contribution in [0.4, 0.5) is 0 Å². The molecule has 35 heavy (non-hydrogen) atoms. The zero-order valence-electron chi connectivity index (χ0n) is 20.5. The van der Waals surface area contributed by atoms with E-state index in [1.54, 1.807) is 61.5 Å². The molecule has 0 heterocycles. The van der Waals surface area contributed by atoms with Crippen LogP contribution in [0.2, 0.25) is 0 Å². The highest BCUT2D eigenvalue weighted by molar-refractivity contribution is 5.90. The maximum Gasteiger partial charge on any atom is 0.338 e. The number of ether oxygens (including phenoxy) is 3. The minimum Gasteiger partial charge on any atom is -0.461 e. The van der Waals surface area contributed by atoms with Gasteiger partial charge in [-0.15, -0.1) is 0 Å². The number of rotatable bonds is 9. The Morgan fingerprint density at radius 3 is 1.11 bits per heavy atom. The topological polar surface area (TPSA) is 78.9 Å². The van der Waals surface area contributed by atoms with Crippen LogP contribution in [0.5, 0.6) is 0 Å². The van der Waals surface area contributed by atoms with Crippen molar-refractivity contribution >= 4 is 17.9 Å². The predicted molar refractivity (Wildman–Crippen MR) is 132 cm³/mol. The van der Waals surface area contributed by atoms with Crippen molar-refractivity contribution in [3.63, 3.8) is 0 Å². The number of carbonyl (C=O) groups excluding carboxylic acids is 3. The second kappa shape index (κ2) is 11.5. The van der Waals surface area contributed by atoms with Crippen molar-refractivity contribution < 1.29 is 28.6 Å². The largest absolute Gasteiger partial charge is 0.461 e. The van der Waals surface area contributed by atoms with Crippen LogP contribution >= 0.6 is 0 Å². The summed E-state index contributed by atoms with van der Waals surface area (Å²) in [4.78, 5) is 37.8. The van der Waals surface area contributed by atoms with Crippen LogP contribution in [0.1, 0.15) is 54.7 Å². The van der Waals surface area contributed by atoms with Gasteiger partial charge in [0.1, 0.15) is 19.8 Å². The van der Waals surface area contributed by atoms with Crippen molar-refractivity contribution in [2.45, 2.75) is 27.7 Å². The Morgan fingerprint density at radius 1 is 0.571 bits per heavy atom. The van der Waals surface area contributed by atoms with Gasteiger partial charge in [-0.3, -0.25) is 0 Å². The molecule has 0 aromatic heterocycles. The van der Waals surface area contributed by atoms with E-state index in [9.17, 15) is 14.4 Å². The van der Waals surface area contributed by atoms with Gasteiger partial charge < -0.3 is 14.2 Å². The summed E-state index contributed by atoms with van der Waals surface area (Å²) in [5, 5.41) is 0. The van der Waals surface area contributed by atoms with Crippen LogP contribution in [-0.4, -0.2) is 37.7 Å². The van der Waals surface area contributed by atoms with Gasteiger partial charge in [0.25, 0.3) is 0 Å². The molecule has 3 aromatic rings. The molecule has 6 heteroatoms. The SMILES string of the molecule is Cc1cccc(C(=O)OCC(C)(COC(=O)c2cccc(C)c2)COC(=O)c2cccc(C)c2)c1. The number of hydrogen-bond donors (Lipinski definition) is 0. The van der Waals surface area contributed by atoms with Crippen molar-refractivity contribution in [2.75, 3.05) is 19.8 Å². The molecule has 0 saturated carbocycles. The van der Waals surface area contributed by atoms with Crippen LogP contribution in [-0.2, 0) is 14.2 Å². The minimum absolute atomic E-state index is 0.109. The van der Waals surface area contributed by atoms with Crippen LogP contribution in [0.15, 0.2) is 72.8 Å². The van der Waals surface area contributed by atoms with Gasteiger partial charge in [0.15, 0.2) is 0 Å². The molecule has 182 valence electrons. The van der Waals surface area contributed by atoms with Gasteiger partial charge >= 0.3 is 17.9 Å². The van der Waals surface area contributed by atoms with Crippen LogP contribution in [0, 0.1) is 26.2 Å². The fraction of sp³-hybridized carbons (Fsp3) is 0.276. The molecule has 3 aromatic carbocycles. The highest BCUT2D eigenvalue weighted by Gasteiger charge is 2.31. The summed E-state index contributed by atoms with van der Waals surface area (Å²) in [6, 6.07) is 21.2. The van der Waals surface area contributed by atoms with Crippen molar-refractivity contribution in [1.29, 1.82) is 0 Å². The van der Waals surface area contributed by atoms with Crippen molar-refractivity contribution in [3.05, 3.63) is 106 Å². The third-order valence-corrected chi connectivity index (χ3v) is 5.42. The molecule has 0 N–H and O–H groups in total. The lowest BCUT2D eigenvalue weighted by molar-refractivity contribution is -0.0288. The fourth-order valence-electron chi connectivity index (χ4n) is 3.41. The van der Waals surface area contributed by atoms with E-state index in [0.29, 0.717) is 16.7 Å². The number of aryl methyl sites for hydroxylation is 3. The van der Waals surface area contributed by atoms with Crippen LogP contribution in [0.3, 0.4) is 0 Å². The summed E-state index contributed by atoms with van der Waals surface area (Å²) in [6.45, 7) is 7.07. The van der Waals surface area contributed by atoms with Gasteiger partial charge in [-0.2, -0.15) is 0 Å². The molecular weight excluding hydrogens is 444 g/mol. The standard InChI is InChI=1S/C29H30O6/c1-20-8-5-11-23(14-20)26(30)33-17-29(4,18-34-27(31)24-12-6-9-21(2)15-24)19-35-28(32)25-13-7-10-22(3)16-25/h5-16H,17-19H2,1-4H3. The first kappa shape index (κ1) is 25.7. The molecule has 0 aliphatic heterocycles. The van der Waals surface area contributed by atoms with Gasteiger partial charge in [-0.1, -0.05) is 53.1 Å². The Hall–Kier alpha value is -3.93. The summed E-state index contributed by atoms with van der Waals surface area (Å²) < 4.78 is 16.6. The Morgan fingerprint density at radius 2 is 0.857 bits per heavy atom. The van der Waals surface area contributed by atoms with Crippen LogP contribution in [0.25, 0.3) is 0 Å². The van der Waals surface area contributed by atoms with E-state index >= 15 is 0 Å². The molecule has 0 spiro atoms. The molecule has 0 bridgehead atoms. The van der Waals surface area contributed by atoms with Crippen molar-refractivity contribution in [3.8, 4) is 0 Å². The zero-order chi connectivity index (χ0) is 25.4. The van der Waals surface area contributed by atoms with Crippen molar-refractivity contribution in [1.82, 2.24) is 0 Å². The molecule has 6 nitrogen and oxygen atoms in total. The van der Waals surface area contributed by atoms with E-state index < -0.39 is 23.3 Å². The lowest BCUT2D eigenvalue weighted by Crippen LogP contribution is -2.37. The normalized spacial score (nSPS) is 11.0. The molecule has 0 unspecified atom stereocenters. The number of esters is 3. The Labute approximate surface area is 205 Å². The molecule has 0 fully saturated rings. The second-order valence-corrected chi connectivity index (χ2v) is 9.15. The van der Waals surface area contributed by atoms with E-state index in [0.717, 1.165) is 16.7 Å². The molecule has 0 radical (unpaired) electrons. The van der Waals surface area contributed by atoms with E-state index in [1.807, 2.05) is 39.0 Å². The zero-order valence-corrected chi connectivity index (χ0v) is 20.5. The van der Waals surface area contributed by atoms with E-state index in [-0.39, 0.29) is 19.8 Å². The first-order valence-corrected chi connectivity index (χ1v) is 11.4. The summed E-state index contributed by atoms with van der Waals surface area (Å²) in [5.41, 5.74) is 3.09.